The van der Waals surface area contributed by atoms with Crippen molar-refractivity contribution < 1.29 is 23.4 Å². The summed E-state index contributed by atoms with van der Waals surface area (Å²) in [6, 6.07) is 4.81. The first-order valence-corrected chi connectivity index (χ1v) is 7.97. The lowest BCUT2D eigenvalue weighted by Crippen LogP contribution is -2.32. The van der Waals surface area contributed by atoms with Crippen LogP contribution in [0.15, 0.2) is 24.3 Å². The highest BCUT2D eigenvalue weighted by atomic mass is 19.1. The summed E-state index contributed by atoms with van der Waals surface area (Å²) < 4.78 is 34.0. The van der Waals surface area contributed by atoms with Gasteiger partial charge in [0.15, 0.2) is 11.6 Å². The van der Waals surface area contributed by atoms with Crippen LogP contribution in [0.5, 0.6) is 11.5 Å². The molecule has 25 heavy (non-hydrogen) atoms. The van der Waals surface area contributed by atoms with Crippen LogP contribution in [0.2, 0.25) is 0 Å². The molecule has 0 aliphatic carbocycles. The number of rotatable bonds is 6. The molecule has 6 heteroatoms. The van der Waals surface area contributed by atoms with Crippen LogP contribution in [0.25, 0.3) is 0 Å². The van der Waals surface area contributed by atoms with Crippen molar-refractivity contribution in [2.75, 3.05) is 0 Å². The zero-order valence-corrected chi connectivity index (χ0v) is 14.4. The van der Waals surface area contributed by atoms with E-state index in [2.05, 4.69) is 0 Å². The fourth-order valence-electron chi connectivity index (χ4n) is 2.63. The van der Waals surface area contributed by atoms with Gasteiger partial charge in [-0.3, -0.25) is 4.79 Å². The number of carboxylic acids is 1. The molecule has 2 rings (SSSR count). The maximum absolute atomic E-state index is 14.4. The molecule has 0 aromatic heterocycles. The molecular formula is C19H21F2NO3. The zero-order valence-electron chi connectivity index (χ0n) is 14.4. The lowest BCUT2D eigenvalue weighted by molar-refractivity contribution is -0.138. The normalized spacial score (nSPS) is 12.1. The highest BCUT2D eigenvalue weighted by Crippen LogP contribution is 2.31. The largest absolute Gasteiger partial charge is 0.480 e. The van der Waals surface area contributed by atoms with Gasteiger partial charge in [-0.2, -0.15) is 0 Å². The van der Waals surface area contributed by atoms with Crippen molar-refractivity contribution in [1.82, 2.24) is 0 Å². The Labute approximate surface area is 145 Å². The van der Waals surface area contributed by atoms with Crippen LogP contribution in [-0.2, 0) is 17.6 Å². The minimum absolute atomic E-state index is 0.0169. The van der Waals surface area contributed by atoms with E-state index in [1.165, 1.54) is 12.1 Å². The second-order valence-electron chi connectivity index (χ2n) is 6.04. The van der Waals surface area contributed by atoms with Gasteiger partial charge in [0.1, 0.15) is 17.6 Å². The number of benzene rings is 2. The highest BCUT2D eigenvalue weighted by molar-refractivity contribution is 5.73. The Hall–Kier alpha value is -2.47. The van der Waals surface area contributed by atoms with Gasteiger partial charge in [0.2, 0.25) is 0 Å². The van der Waals surface area contributed by atoms with Gasteiger partial charge in [-0.05, 0) is 67.1 Å². The number of hydrogen-bond acceptors (Lipinski definition) is 3. The standard InChI is InChI=1S/C19H21F2NO3/c1-4-13-9-14(6-10(2)17(13)21)25-18-11(3)5-12(7-15(18)20)8-16(22)19(23)24/h5-7,9,16H,4,8,22H2,1-3H3,(H,23,24). The smallest absolute Gasteiger partial charge is 0.320 e. The van der Waals surface area contributed by atoms with Gasteiger partial charge in [0.05, 0.1) is 0 Å². The SMILES string of the molecule is CCc1cc(Oc2c(C)cc(CC(N)C(=O)O)cc2F)cc(C)c1F. The fourth-order valence-corrected chi connectivity index (χ4v) is 2.63. The lowest BCUT2D eigenvalue weighted by atomic mass is 10.0. The van der Waals surface area contributed by atoms with Crippen molar-refractivity contribution in [3.63, 3.8) is 0 Å². The minimum Gasteiger partial charge on any atom is -0.480 e. The Balaban J connectivity index is 2.32. The van der Waals surface area contributed by atoms with Crippen LogP contribution in [0.3, 0.4) is 0 Å². The van der Waals surface area contributed by atoms with Crippen LogP contribution >= 0.6 is 0 Å². The maximum atomic E-state index is 14.4. The second kappa shape index (κ2) is 7.61. The molecule has 0 saturated carbocycles. The van der Waals surface area contributed by atoms with E-state index in [1.807, 2.05) is 6.92 Å². The van der Waals surface area contributed by atoms with Crippen molar-refractivity contribution >= 4 is 5.97 Å². The third-order valence-corrected chi connectivity index (χ3v) is 3.97. The van der Waals surface area contributed by atoms with Gasteiger partial charge < -0.3 is 15.6 Å². The minimum atomic E-state index is -1.15. The molecule has 2 aromatic carbocycles. The summed E-state index contributed by atoms with van der Waals surface area (Å²) in [5.41, 5.74) is 7.39. The molecule has 0 aliphatic heterocycles. The molecular weight excluding hydrogens is 328 g/mol. The Kier molecular flexibility index (Phi) is 5.74. The topological polar surface area (TPSA) is 72.5 Å². The first kappa shape index (κ1) is 18.9. The third-order valence-electron chi connectivity index (χ3n) is 3.97. The van der Waals surface area contributed by atoms with E-state index in [0.29, 0.717) is 34.4 Å². The molecule has 0 fully saturated rings. The summed E-state index contributed by atoms with van der Waals surface area (Å²) in [5.74, 6) is -1.67. The number of aliphatic carboxylic acids is 1. The molecule has 4 nitrogen and oxygen atoms in total. The van der Waals surface area contributed by atoms with Crippen LogP contribution in [0.1, 0.15) is 29.2 Å². The van der Waals surface area contributed by atoms with E-state index in [0.717, 1.165) is 0 Å². The Morgan fingerprint density at radius 2 is 1.88 bits per heavy atom. The third kappa shape index (κ3) is 4.33. The van der Waals surface area contributed by atoms with Crippen LogP contribution in [0.4, 0.5) is 8.78 Å². The van der Waals surface area contributed by atoms with Crippen molar-refractivity contribution in [3.05, 3.63) is 58.2 Å². The predicted octanol–water partition coefficient (Wildman–Crippen LogP) is 3.89. The summed E-state index contributed by atoms with van der Waals surface area (Å²) in [5, 5.41) is 8.86. The summed E-state index contributed by atoms with van der Waals surface area (Å²) >= 11 is 0. The number of nitrogens with two attached hydrogens (primary N) is 1. The highest BCUT2D eigenvalue weighted by Gasteiger charge is 2.17. The number of carboxylic acid groups (broad SMARTS) is 1. The molecule has 0 radical (unpaired) electrons. The van der Waals surface area contributed by atoms with Crippen molar-refractivity contribution in [2.45, 2.75) is 39.7 Å². The van der Waals surface area contributed by atoms with Gasteiger partial charge in [0.25, 0.3) is 0 Å². The summed E-state index contributed by atoms with van der Waals surface area (Å²) in [6.07, 6.45) is 0.514. The van der Waals surface area contributed by atoms with Crippen LogP contribution < -0.4 is 10.5 Å². The van der Waals surface area contributed by atoms with Crippen molar-refractivity contribution in [1.29, 1.82) is 0 Å². The first-order chi connectivity index (χ1) is 11.7. The number of aryl methyl sites for hydroxylation is 3. The fraction of sp³-hybridized carbons (Fsp3) is 0.316. The number of hydrogen-bond donors (Lipinski definition) is 2. The molecule has 0 amide bonds. The van der Waals surface area contributed by atoms with Gasteiger partial charge in [0, 0.05) is 0 Å². The molecule has 2 aromatic rings. The Bertz CT molecular complexity index is 782. The quantitative estimate of drug-likeness (QED) is 0.830. The van der Waals surface area contributed by atoms with Crippen molar-refractivity contribution in [2.24, 2.45) is 5.73 Å². The van der Waals surface area contributed by atoms with Crippen molar-refractivity contribution in [3.8, 4) is 11.5 Å². The van der Waals surface area contributed by atoms with Gasteiger partial charge in [-0.25, -0.2) is 8.78 Å². The molecule has 0 aliphatic rings. The van der Waals surface area contributed by atoms with Crippen LogP contribution in [-0.4, -0.2) is 17.1 Å². The zero-order chi connectivity index (χ0) is 18.7. The maximum Gasteiger partial charge on any atom is 0.320 e. The number of halogens is 2. The Morgan fingerprint density at radius 3 is 2.44 bits per heavy atom. The van der Waals surface area contributed by atoms with E-state index in [9.17, 15) is 13.6 Å². The predicted molar refractivity (Wildman–Crippen MR) is 91.0 cm³/mol. The molecule has 1 unspecified atom stereocenters. The summed E-state index contributed by atoms with van der Waals surface area (Å²) in [6.45, 7) is 5.11. The molecule has 0 heterocycles. The second-order valence-corrected chi connectivity index (χ2v) is 6.04. The van der Waals surface area contributed by atoms with Gasteiger partial charge in [-0.15, -0.1) is 0 Å². The average molecular weight is 349 g/mol. The first-order valence-electron chi connectivity index (χ1n) is 7.97. The summed E-state index contributed by atoms with van der Waals surface area (Å²) in [7, 11) is 0. The molecule has 1 atom stereocenters. The Morgan fingerprint density at radius 1 is 1.20 bits per heavy atom. The molecule has 0 saturated heterocycles. The lowest BCUT2D eigenvalue weighted by Gasteiger charge is -2.14. The van der Waals surface area contributed by atoms with E-state index < -0.39 is 17.8 Å². The van der Waals surface area contributed by atoms with E-state index in [4.69, 9.17) is 15.6 Å². The number of ether oxygens (including phenoxy) is 1. The number of carbonyl (C=O) groups is 1. The summed E-state index contributed by atoms with van der Waals surface area (Å²) in [4.78, 5) is 10.8. The molecule has 134 valence electrons. The van der Waals surface area contributed by atoms with Gasteiger partial charge >= 0.3 is 5.97 Å². The molecule has 3 N–H and O–H groups in total. The molecule has 0 bridgehead atoms. The van der Waals surface area contributed by atoms with Gasteiger partial charge in [-0.1, -0.05) is 13.0 Å². The monoisotopic (exact) mass is 349 g/mol. The average Bonchev–Trinajstić information content (AvgIpc) is 2.53. The van der Waals surface area contributed by atoms with E-state index in [-0.39, 0.29) is 18.0 Å². The molecule has 0 spiro atoms. The van der Waals surface area contributed by atoms with Crippen LogP contribution in [0, 0.1) is 25.5 Å². The van der Waals surface area contributed by atoms with E-state index >= 15 is 0 Å². The van der Waals surface area contributed by atoms with E-state index in [1.54, 1.807) is 26.0 Å².